The van der Waals surface area contributed by atoms with Crippen molar-refractivity contribution in [3.05, 3.63) is 59.2 Å². The predicted octanol–water partition coefficient (Wildman–Crippen LogP) is 1.69. The highest BCUT2D eigenvalue weighted by atomic mass is 16.5. The molecular weight excluding hydrogens is 356 g/mol. The Balaban J connectivity index is 2.09. The number of amides is 1. The SMILES string of the molecule is COc1cc(OC)c(OC)cc1/C=C/C(=O)NCc1ccccc1C[NH+](C)C. The molecule has 6 nitrogen and oxygen atoms in total. The zero-order valence-corrected chi connectivity index (χ0v) is 17.2. The van der Waals surface area contributed by atoms with E-state index in [4.69, 9.17) is 14.2 Å². The highest BCUT2D eigenvalue weighted by Gasteiger charge is 2.11. The van der Waals surface area contributed by atoms with Gasteiger partial charge in [0.15, 0.2) is 11.5 Å². The minimum atomic E-state index is -0.177. The van der Waals surface area contributed by atoms with Gasteiger partial charge < -0.3 is 24.4 Å². The second kappa shape index (κ2) is 10.4. The third-order valence-electron chi connectivity index (χ3n) is 4.27. The van der Waals surface area contributed by atoms with E-state index in [2.05, 4.69) is 25.5 Å². The van der Waals surface area contributed by atoms with Crippen molar-refractivity contribution in [3.8, 4) is 17.2 Å². The van der Waals surface area contributed by atoms with Crippen LogP contribution in [-0.2, 0) is 17.9 Å². The number of ether oxygens (including phenoxy) is 3. The summed E-state index contributed by atoms with van der Waals surface area (Å²) in [5.74, 6) is 1.56. The van der Waals surface area contributed by atoms with Gasteiger partial charge in [-0.25, -0.2) is 0 Å². The van der Waals surface area contributed by atoms with Gasteiger partial charge in [0, 0.05) is 29.8 Å². The van der Waals surface area contributed by atoms with Gasteiger partial charge in [0.05, 0.1) is 35.4 Å². The van der Waals surface area contributed by atoms with Crippen LogP contribution in [0.15, 0.2) is 42.5 Å². The number of hydrogen-bond acceptors (Lipinski definition) is 4. The molecule has 0 saturated carbocycles. The van der Waals surface area contributed by atoms with E-state index in [1.807, 2.05) is 18.2 Å². The van der Waals surface area contributed by atoms with Gasteiger partial charge in [-0.3, -0.25) is 4.79 Å². The van der Waals surface area contributed by atoms with Gasteiger partial charge in [-0.15, -0.1) is 0 Å². The number of carbonyl (C=O) groups is 1. The van der Waals surface area contributed by atoms with Crippen LogP contribution in [0.25, 0.3) is 6.08 Å². The number of benzene rings is 2. The van der Waals surface area contributed by atoms with Crippen LogP contribution < -0.4 is 24.4 Å². The first-order valence-corrected chi connectivity index (χ1v) is 9.10. The van der Waals surface area contributed by atoms with Crippen molar-refractivity contribution in [2.45, 2.75) is 13.1 Å². The molecule has 2 aromatic rings. The van der Waals surface area contributed by atoms with Gasteiger partial charge in [0.25, 0.3) is 0 Å². The Labute approximate surface area is 166 Å². The predicted molar refractivity (Wildman–Crippen MR) is 110 cm³/mol. The van der Waals surface area contributed by atoms with E-state index in [-0.39, 0.29) is 5.91 Å². The van der Waals surface area contributed by atoms with Gasteiger partial charge in [-0.1, -0.05) is 24.3 Å². The minimum absolute atomic E-state index is 0.177. The van der Waals surface area contributed by atoms with Crippen LogP contribution in [0.5, 0.6) is 17.2 Å². The third-order valence-corrected chi connectivity index (χ3v) is 4.27. The lowest BCUT2D eigenvalue weighted by atomic mass is 10.1. The summed E-state index contributed by atoms with van der Waals surface area (Å²) in [4.78, 5) is 13.6. The molecule has 2 N–H and O–H groups in total. The molecule has 0 heterocycles. The molecule has 1 amide bonds. The highest BCUT2D eigenvalue weighted by Crippen LogP contribution is 2.35. The molecule has 0 unspecified atom stereocenters. The summed E-state index contributed by atoms with van der Waals surface area (Å²) in [6.07, 6.45) is 3.19. The van der Waals surface area contributed by atoms with E-state index >= 15 is 0 Å². The van der Waals surface area contributed by atoms with Crippen molar-refractivity contribution < 1.29 is 23.9 Å². The molecule has 0 aromatic heterocycles. The molecule has 150 valence electrons. The smallest absolute Gasteiger partial charge is 0.244 e. The van der Waals surface area contributed by atoms with Crippen LogP contribution >= 0.6 is 0 Å². The minimum Gasteiger partial charge on any atom is -0.496 e. The van der Waals surface area contributed by atoms with Crippen molar-refractivity contribution in [2.24, 2.45) is 0 Å². The molecule has 0 aliphatic carbocycles. The average molecular weight is 385 g/mol. The summed E-state index contributed by atoms with van der Waals surface area (Å²) in [5, 5.41) is 2.94. The van der Waals surface area contributed by atoms with Crippen molar-refractivity contribution in [2.75, 3.05) is 35.4 Å². The molecule has 0 fully saturated rings. The van der Waals surface area contributed by atoms with Crippen LogP contribution in [0.1, 0.15) is 16.7 Å². The summed E-state index contributed by atoms with van der Waals surface area (Å²) in [6.45, 7) is 1.39. The second-order valence-electron chi connectivity index (χ2n) is 6.65. The molecule has 2 aromatic carbocycles. The Morgan fingerprint density at radius 2 is 1.57 bits per heavy atom. The fourth-order valence-electron chi connectivity index (χ4n) is 2.87. The number of rotatable bonds is 9. The largest absolute Gasteiger partial charge is 0.496 e. The molecule has 0 spiro atoms. The zero-order valence-electron chi connectivity index (χ0n) is 17.2. The first-order chi connectivity index (χ1) is 13.5. The van der Waals surface area contributed by atoms with Crippen LogP contribution in [0.2, 0.25) is 0 Å². The molecule has 28 heavy (non-hydrogen) atoms. The Bertz CT molecular complexity index is 831. The first-order valence-electron chi connectivity index (χ1n) is 9.10. The molecule has 0 aliphatic rings. The molecule has 2 rings (SSSR count). The monoisotopic (exact) mass is 385 g/mol. The summed E-state index contributed by atoms with van der Waals surface area (Å²) >= 11 is 0. The lowest BCUT2D eigenvalue weighted by Crippen LogP contribution is -3.04. The number of methoxy groups -OCH3 is 3. The van der Waals surface area contributed by atoms with E-state index in [1.165, 1.54) is 16.5 Å². The summed E-state index contributed by atoms with van der Waals surface area (Å²) in [7, 11) is 8.92. The zero-order chi connectivity index (χ0) is 20.5. The molecule has 0 radical (unpaired) electrons. The Morgan fingerprint density at radius 3 is 2.18 bits per heavy atom. The fourth-order valence-corrected chi connectivity index (χ4v) is 2.87. The van der Waals surface area contributed by atoms with Crippen LogP contribution in [0.3, 0.4) is 0 Å². The summed E-state index contributed by atoms with van der Waals surface area (Å²) in [6, 6.07) is 11.7. The number of quaternary nitrogens is 1. The van der Waals surface area contributed by atoms with E-state index < -0.39 is 0 Å². The maximum atomic E-state index is 12.3. The van der Waals surface area contributed by atoms with E-state index in [0.29, 0.717) is 23.8 Å². The van der Waals surface area contributed by atoms with Gasteiger partial charge in [0.1, 0.15) is 12.3 Å². The van der Waals surface area contributed by atoms with Crippen molar-refractivity contribution in [1.82, 2.24) is 5.32 Å². The van der Waals surface area contributed by atoms with Crippen LogP contribution in [0, 0.1) is 0 Å². The van der Waals surface area contributed by atoms with Crippen molar-refractivity contribution >= 4 is 12.0 Å². The maximum Gasteiger partial charge on any atom is 0.244 e. The lowest BCUT2D eigenvalue weighted by Gasteiger charge is -2.13. The number of nitrogens with one attached hydrogen (secondary N) is 2. The Kier molecular flexibility index (Phi) is 7.89. The molecule has 0 bridgehead atoms. The molecule has 0 aliphatic heterocycles. The van der Waals surface area contributed by atoms with Gasteiger partial charge in [-0.2, -0.15) is 0 Å². The molecule has 0 saturated heterocycles. The topological polar surface area (TPSA) is 61.2 Å². The van der Waals surface area contributed by atoms with Crippen molar-refractivity contribution in [1.29, 1.82) is 0 Å². The average Bonchev–Trinajstić information content (AvgIpc) is 2.70. The third kappa shape index (κ3) is 5.76. The first kappa shape index (κ1) is 21.3. The van der Waals surface area contributed by atoms with Crippen molar-refractivity contribution in [3.63, 3.8) is 0 Å². The van der Waals surface area contributed by atoms with E-state index in [0.717, 1.165) is 17.7 Å². The van der Waals surface area contributed by atoms with Crippen LogP contribution in [-0.4, -0.2) is 41.3 Å². The molecule has 6 heteroatoms. The highest BCUT2D eigenvalue weighted by molar-refractivity contribution is 5.92. The second-order valence-corrected chi connectivity index (χ2v) is 6.65. The summed E-state index contributed by atoms with van der Waals surface area (Å²) < 4.78 is 16.0. The summed E-state index contributed by atoms with van der Waals surface area (Å²) in [5.41, 5.74) is 3.08. The number of hydrogen-bond donors (Lipinski definition) is 2. The van der Waals surface area contributed by atoms with E-state index in [9.17, 15) is 4.79 Å². The van der Waals surface area contributed by atoms with Gasteiger partial charge in [-0.05, 0) is 17.7 Å². The maximum absolute atomic E-state index is 12.3. The lowest BCUT2D eigenvalue weighted by molar-refractivity contribution is -0.872. The quantitative estimate of drug-likeness (QED) is 0.645. The van der Waals surface area contributed by atoms with Crippen LogP contribution in [0.4, 0.5) is 0 Å². The van der Waals surface area contributed by atoms with Gasteiger partial charge in [0.2, 0.25) is 5.91 Å². The Hall–Kier alpha value is -2.99. The van der Waals surface area contributed by atoms with Gasteiger partial charge >= 0.3 is 0 Å². The normalized spacial score (nSPS) is 10.9. The standard InChI is InChI=1S/C22H28N2O4/c1-24(2)15-18-9-7-6-8-17(18)14-23-22(25)11-10-16-12-20(27-4)21(28-5)13-19(16)26-3/h6-13H,14-15H2,1-5H3,(H,23,25)/p+1/b11-10+. The molecular formula is C22H29N2O4+. The molecule has 0 atom stereocenters. The number of carbonyl (C=O) groups excluding carboxylic acids is 1. The van der Waals surface area contributed by atoms with E-state index in [1.54, 1.807) is 39.5 Å². The Morgan fingerprint density at radius 1 is 0.964 bits per heavy atom. The fraction of sp³-hybridized carbons (Fsp3) is 0.318.